The number of aryl methyl sites for hydroxylation is 1. The smallest absolute Gasteiger partial charge is 0.263 e. The average Bonchev–Trinajstić information content (AvgIpc) is 3.19. The predicted octanol–water partition coefficient (Wildman–Crippen LogP) is 3.82. The summed E-state index contributed by atoms with van der Waals surface area (Å²) in [5.74, 6) is 0.0475. The summed E-state index contributed by atoms with van der Waals surface area (Å²) in [7, 11) is 1.83. The van der Waals surface area contributed by atoms with Crippen LogP contribution in [-0.2, 0) is 6.54 Å². The van der Waals surface area contributed by atoms with Crippen molar-refractivity contribution in [3.05, 3.63) is 69.7 Å². The highest BCUT2D eigenvalue weighted by Crippen LogP contribution is 2.20. The van der Waals surface area contributed by atoms with Gasteiger partial charge in [0.05, 0.1) is 16.3 Å². The summed E-state index contributed by atoms with van der Waals surface area (Å²) in [6.07, 6.45) is 0. The first-order valence-corrected chi connectivity index (χ1v) is 8.35. The van der Waals surface area contributed by atoms with Gasteiger partial charge in [0.1, 0.15) is 0 Å². The molecular formula is C18H19N3OS. The van der Waals surface area contributed by atoms with Gasteiger partial charge in [-0.3, -0.25) is 4.79 Å². The first-order valence-electron chi connectivity index (χ1n) is 7.47. The Labute approximate surface area is 140 Å². The number of benzene rings is 1. The van der Waals surface area contributed by atoms with E-state index in [2.05, 4.69) is 5.10 Å². The summed E-state index contributed by atoms with van der Waals surface area (Å²) in [6, 6.07) is 13.8. The maximum absolute atomic E-state index is 12.4. The first-order chi connectivity index (χ1) is 11.1. The number of aromatic nitrogens is 2. The van der Waals surface area contributed by atoms with E-state index < -0.39 is 0 Å². The molecule has 0 saturated carbocycles. The molecule has 0 unspecified atom stereocenters. The number of amides is 1. The Morgan fingerprint density at radius 1 is 1.17 bits per heavy atom. The molecule has 0 bridgehead atoms. The Morgan fingerprint density at radius 2 is 1.91 bits per heavy atom. The van der Waals surface area contributed by atoms with Crippen LogP contribution in [0.2, 0.25) is 0 Å². The highest BCUT2D eigenvalue weighted by Gasteiger charge is 2.18. The van der Waals surface area contributed by atoms with Crippen molar-refractivity contribution < 1.29 is 4.79 Å². The molecule has 0 N–H and O–H groups in total. The fourth-order valence-corrected chi connectivity index (χ4v) is 3.34. The van der Waals surface area contributed by atoms with Crippen LogP contribution >= 0.6 is 11.3 Å². The van der Waals surface area contributed by atoms with Crippen LogP contribution in [-0.4, -0.2) is 27.6 Å². The van der Waals surface area contributed by atoms with Crippen LogP contribution < -0.4 is 0 Å². The van der Waals surface area contributed by atoms with Gasteiger partial charge in [-0.15, -0.1) is 11.3 Å². The molecule has 0 fully saturated rings. The van der Waals surface area contributed by atoms with Crippen molar-refractivity contribution in [2.75, 3.05) is 7.05 Å². The average molecular weight is 325 g/mol. The van der Waals surface area contributed by atoms with Crippen molar-refractivity contribution in [1.29, 1.82) is 0 Å². The lowest BCUT2D eigenvalue weighted by atomic mass is 10.2. The molecule has 0 spiro atoms. The highest BCUT2D eigenvalue weighted by atomic mass is 32.1. The van der Waals surface area contributed by atoms with Crippen LogP contribution in [0.25, 0.3) is 5.69 Å². The molecule has 0 aliphatic carbocycles. The van der Waals surface area contributed by atoms with E-state index in [-0.39, 0.29) is 5.91 Å². The third kappa shape index (κ3) is 3.05. The van der Waals surface area contributed by atoms with Gasteiger partial charge in [-0.05, 0) is 37.4 Å². The Hall–Kier alpha value is -2.40. The second kappa shape index (κ2) is 6.38. The molecule has 118 valence electrons. The van der Waals surface area contributed by atoms with Crippen LogP contribution in [0.5, 0.6) is 0 Å². The molecule has 2 heterocycles. The number of carbonyl (C=O) groups excluding carboxylic acids is 1. The summed E-state index contributed by atoms with van der Waals surface area (Å²) in [5.41, 5.74) is 4.16. The lowest BCUT2D eigenvalue weighted by Crippen LogP contribution is -2.26. The summed E-state index contributed by atoms with van der Waals surface area (Å²) in [4.78, 5) is 14.9. The van der Waals surface area contributed by atoms with Crippen molar-refractivity contribution in [3.8, 4) is 5.69 Å². The topological polar surface area (TPSA) is 38.1 Å². The van der Waals surface area contributed by atoms with Crippen molar-refractivity contribution >= 4 is 17.2 Å². The van der Waals surface area contributed by atoms with Gasteiger partial charge in [0.25, 0.3) is 5.91 Å². The molecule has 0 saturated heterocycles. The van der Waals surface area contributed by atoms with Gasteiger partial charge in [0, 0.05) is 24.8 Å². The fraction of sp³-hybridized carbons (Fsp3) is 0.222. The minimum atomic E-state index is 0.0475. The van der Waals surface area contributed by atoms with Gasteiger partial charge in [-0.25, -0.2) is 4.68 Å². The molecule has 3 aromatic rings. The van der Waals surface area contributed by atoms with E-state index in [9.17, 15) is 4.79 Å². The number of thiophene rings is 1. The fourth-order valence-electron chi connectivity index (χ4n) is 2.62. The number of hydrogen-bond donors (Lipinski definition) is 0. The van der Waals surface area contributed by atoms with Gasteiger partial charge in [0.2, 0.25) is 0 Å². The molecular weight excluding hydrogens is 306 g/mol. The molecule has 0 aliphatic heterocycles. The van der Waals surface area contributed by atoms with Gasteiger partial charge in [-0.2, -0.15) is 5.10 Å². The van der Waals surface area contributed by atoms with E-state index in [4.69, 9.17) is 0 Å². The van der Waals surface area contributed by atoms with Crippen molar-refractivity contribution in [2.45, 2.75) is 20.4 Å². The minimum absolute atomic E-state index is 0.0475. The Kier molecular flexibility index (Phi) is 4.30. The van der Waals surface area contributed by atoms with E-state index in [1.165, 1.54) is 11.3 Å². The third-order valence-electron chi connectivity index (χ3n) is 3.92. The van der Waals surface area contributed by atoms with Gasteiger partial charge in [-0.1, -0.05) is 24.3 Å². The molecule has 1 aromatic carbocycles. The zero-order valence-electron chi connectivity index (χ0n) is 13.5. The van der Waals surface area contributed by atoms with Crippen LogP contribution in [0.1, 0.15) is 26.6 Å². The summed E-state index contributed by atoms with van der Waals surface area (Å²) in [5, 5.41) is 6.56. The Bertz CT molecular complexity index is 806. The number of para-hydroxylation sites is 1. The minimum Gasteiger partial charge on any atom is -0.337 e. The number of hydrogen-bond acceptors (Lipinski definition) is 3. The van der Waals surface area contributed by atoms with E-state index in [0.29, 0.717) is 6.54 Å². The molecule has 0 aliphatic rings. The molecule has 3 rings (SSSR count). The van der Waals surface area contributed by atoms with Gasteiger partial charge >= 0.3 is 0 Å². The molecule has 0 atom stereocenters. The first kappa shape index (κ1) is 15.5. The summed E-state index contributed by atoms with van der Waals surface area (Å²) in [6.45, 7) is 4.60. The molecule has 5 heteroatoms. The Balaban J connectivity index is 1.86. The largest absolute Gasteiger partial charge is 0.337 e. The van der Waals surface area contributed by atoms with Crippen LogP contribution in [0.15, 0.2) is 47.8 Å². The zero-order chi connectivity index (χ0) is 16.4. The van der Waals surface area contributed by atoms with Crippen LogP contribution in [0.4, 0.5) is 0 Å². The lowest BCUT2D eigenvalue weighted by molar-refractivity contribution is 0.0789. The standard InChI is InChI=1S/C18H19N3OS/c1-13-16(12-20(3)18(22)17-10-7-11-23-17)14(2)21(19-13)15-8-5-4-6-9-15/h4-11H,12H2,1-3H3. The second-order valence-electron chi connectivity index (χ2n) is 5.54. The predicted molar refractivity (Wildman–Crippen MR) is 93.2 cm³/mol. The summed E-state index contributed by atoms with van der Waals surface area (Å²) >= 11 is 1.47. The highest BCUT2D eigenvalue weighted by molar-refractivity contribution is 7.12. The number of nitrogens with zero attached hydrogens (tertiary/aromatic N) is 3. The van der Waals surface area contributed by atoms with Gasteiger partial charge < -0.3 is 4.90 Å². The molecule has 4 nitrogen and oxygen atoms in total. The van der Waals surface area contributed by atoms with Crippen LogP contribution in [0, 0.1) is 13.8 Å². The quantitative estimate of drug-likeness (QED) is 0.731. The van der Waals surface area contributed by atoms with Crippen molar-refractivity contribution in [1.82, 2.24) is 14.7 Å². The number of rotatable bonds is 4. The molecule has 1 amide bonds. The molecule has 23 heavy (non-hydrogen) atoms. The van der Waals surface area contributed by atoms with Crippen molar-refractivity contribution in [3.63, 3.8) is 0 Å². The zero-order valence-corrected chi connectivity index (χ0v) is 14.3. The van der Waals surface area contributed by atoms with E-state index >= 15 is 0 Å². The normalized spacial score (nSPS) is 10.7. The number of carbonyl (C=O) groups is 1. The van der Waals surface area contributed by atoms with E-state index in [1.54, 1.807) is 4.90 Å². The van der Waals surface area contributed by atoms with Crippen LogP contribution in [0.3, 0.4) is 0 Å². The van der Waals surface area contributed by atoms with Gasteiger partial charge in [0.15, 0.2) is 0 Å². The third-order valence-corrected chi connectivity index (χ3v) is 4.77. The van der Waals surface area contributed by atoms with E-state index in [0.717, 1.165) is 27.5 Å². The second-order valence-corrected chi connectivity index (χ2v) is 6.48. The summed E-state index contributed by atoms with van der Waals surface area (Å²) < 4.78 is 1.94. The monoisotopic (exact) mass is 325 g/mol. The lowest BCUT2D eigenvalue weighted by Gasteiger charge is -2.16. The van der Waals surface area contributed by atoms with Crippen molar-refractivity contribution in [2.24, 2.45) is 0 Å². The maximum Gasteiger partial charge on any atom is 0.263 e. The maximum atomic E-state index is 12.4. The Morgan fingerprint density at radius 3 is 2.57 bits per heavy atom. The van der Waals surface area contributed by atoms with E-state index in [1.807, 2.05) is 73.4 Å². The SMILES string of the molecule is Cc1nn(-c2ccccc2)c(C)c1CN(C)C(=O)c1cccs1. The molecule has 0 radical (unpaired) electrons. The molecule has 2 aromatic heterocycles.